The molecule has 2 N–H and O–H groups in total. The predicted molar refractivity (Wildman–Crippen MR) is 85.6 cm³/mol. The zero-order chi connectivity index (χ0) is 16.3. The molecule has 4 heteroatoms. The number of ketones is 1. The number of methoxy groups -OCH3 is 1. The molecule has 0 fully saturated rings. The van der Waals surface area contributed by atoms with Crippen molar-refractivity contribution < 1.29 is 19.7 Å². The van der Waals surface area contributed by atoms with E-state index in [1.165, 1.54) is 26.2 Å². The summed E-state index contributed by atoms with van der Waals surface area (Å²) in [5.41, 5.74) is 2.27. The van der Waals surface area contributed by atoms with Gasteiger partial charge in [-0.15, -0.1) is 0 Å². The van der Waals surface area contributed by atoms with Crippen LogP contribution in [0.2, 0.25) is 0 Å². The van der Waals surface area contributed by atoms with Crippen molar-refractivity contribution >= 4 is 11.9 Å². The van der Waals surface area contributed by atoms with Gasteiger partial charge in [-0.2, -0.15) is 0 Å². The van der Waals surface area contributed by atoms with Gasteiger partial charge in [-0.3, -0.25) is 4.79 Å². The van der Waals surface area contributed by atoms with Crippen LogP contribution in [0.5, 0.6) is 17.2 Å². The van der Waals surface area contributed by atoms with Crippen LogP contribution in [0, 0.1) is 13.8 Å². The third kappa shape index (κ3) is 3.11. The first-order chi connectivity index (χ1) is 10.4. The van der Waals surface area contributed by atoms with Crippen LogP contribution < -0.4 is 4.74 Å². The lowest BCUT2D eigenvalue weighted by atomic mass is 10.0. The Balaban J connectivity index is 2.39. The minimum absolute atomic E-state index is 0.0432. The molecule has 0 saturated heterocycles. The highest BCUT2D eigenvalue weighted by atomic mass is 16.5. The van der Waals surface area contributed by atoms with Crippen LogP contribution in [0.4, 0.5) is 0 Å². The molecule has 2 aromatic rings. The second-order valence-corrected chi connectivity index (χ2v) is 5.06. The zero-order valence-electron chi connectivity index (χ0n) is 12.8. The van der Waals surface area contributed by atoms with Crippen LogP contribution in [-0.4, -0.2) is 23.1 Å². The van der Waals surface area contributed by atoms with E-state index in [0.29, 0.717) is 0 Å². The van der Waals surface area contributed by atoms with Gasteiger partial charge in [0.25, 0.3) is 0 Å². The number of carbonyl (C=O) groups excluding carboxylic acids is 1. The molecule has 0 bridgehead atoms. The molecule has 2 aromatic carbocycles. The molecular formula is C18H18O4. The Kier molecular flexibility index (Phi) is 4.51. The van der Waals surface area contributed by atoms with Crippen LogP contribution in [0.1, 0.15) is 27.0 Å². The number of hydrogen-bond acceptors (Lipinski definition) is 4. The first-order valence-corrected chi connectivity index (χ1v) is 6.82. The SMILES string of the molecule is COc1cc(O)c(C)c(O)c1C(=O)/C=C/c1cccc(C)c1. The van der Waals surface area contributed by atoms with Crippen molar-refractivity contribution in [3.05, 3.63) is 58.7 Å². The first-order valence-electron chi connectivity index (χ1n) is 6.82. The smallest absolute Gasteiger partial charge is 0.193 e. The summed E-state index contributed by atoms with van der Waals surface area (Å²) in [4.78, 5) is 12.4. The molecule has 0 saturated carbocycles. The molecule has 2 rings (SSSR count). The van der Waals surface area contributed by atoms with Crippen molar-refractivity contribution in [2.24, 2.45) is 0 Å². The predicted octanol–water partition coefficient (Wildman–Crippen LogP) is 3.62. The normalized spacial score (nSPS) is 10.9. The van der Waals surface area contributed by atoms with Gasteiger partial charge in [0, 0.05) is 11.6 Å². The summed E-state index contributed by atoms with van der Waals surface area (Å²) in [6, 6.07) is 9.03. The summed E-state index contributed by atoms with van der Waals surface area (Å²) >= 11 is 0. The maximum Gasteiger partial charge on any atom is 0.193 e. The first kappa shape index (κ1) is 15.6. The molecule has 4 nitrogen and oxygen atoms in total. The number of phenolic OH excluding ortho intramolecular Hbond substituents is 2. The van der Waals surface area contributed by atoms with Crippen LogP contribution in [0.15, 0.2) is 36.4 Å². The maximum absolute atomic E-state index is 12.4. The summed E-state index contributed by atoms with van der Waals surface area (Å²) in [6.45, 7) is 3.50. The largest absolute Gasteiger partial charge is 0.507 e. The molecule has 0 unspecified atom stereocenters. The van der Waals surface area contributed by atoms with E-state index in [0.717, 1.165) is 11.1 Å². The van der Waals surface area contributed by atoms with Crippen LogP contribution >= 0.6 is 0 Å². The molecule has 114 valence electrons. The van der Waals surface area contributed by atoms with Crippen molar-refractivity contribution in [1.82, 2.24) is 0 Å². The number of rotatable bonds is 4. The van der Waals surface area contributed by atoms with Crippen molar-refractivity contribution in [3.8, 4) is 17.2 Å². The highest BCUT2D eigenvalue weighted by Gasteiger charge is 2.20. The molecule has 0 aliphatic carbocycles. The third-order valence-corrected chi connectivity index (χ3v) is 3.43. The molecule has 0 spiro atoms. The Morgan fingerprint density at radius 1 is 1.18 bits per heavy atom. The van der Waals surface area contributed by atoms with Gasteiger partial charge in [-0.05, 0) is 25.5 Å². The quantitative estimate of drug-likeness (QED) is 0.668. The van der Waals surface area contributed by atoms with Gasteiger partial charge in [0.2, 0.25) is 0 Å². The van der Waals surface area contributed by atoms with E-state index < -0.39 is 0 Å². The average Bonchev–Trinajstić information content (AvgIpc) is 2.50. The van der Waals surface area contributed by atoms with E-state index >= 15 is 0 Å². The van der Waals surface area contributed by atoms with Crippen molar-refractivity contribution in [3.63, 3.8) is 0 Å². The molecule has 0 aromatic heterocycles. The van der Waals surface area contributed by atoms with E-state index in [-0.39, 0.29) is 34.2 Å². The molecule has 0 amide bonds. The minimum Gasteiger partial charge on any atom is -0.507 e. The highest BCUT2D eigenvalue weighted by molar-refractivity contribution is 6.11. The molecule has 0 aliphatic rings. The molecule has 0 atom stereocenters. The minimum atomic E-state index is -0.390. The van der Waals surface area contributed by atoms with Crippen molar-refractivity contribution in [1.29, 1.82) is 0 Å². The lowest BCUT2D eigenvalue weighted by Crippen LogP contribution is -2.01. The van der Waals surface area contributed by atoms with Gasteiger partial charge in [-0.25, -0.2) is 0 Å². The number of hydrogen-bond donors (Lipinski definition) is 2. The number of ether oxygens (including phenoxy) is 1. The molecule has 0 aliphatic heterocycles. The number of benzene rings is 2. The summed E-state index contributed by atoms with van der Waals surface area (Å²) < 4.78 is 5.08. The molecule has 22 heavy (non-hydrogen) atoms. The van der Waals surface area contributed by atoms with Gasteiger partial charge in [-0.1, -0.05) is 35.9 Å². The van der Waals surface area contributed by atoms with E-state index in [1.807, 2.05) is 31.2 Å². The summed E-state index contributed by atoms with van der Waals surface area (Å²) in [5.74, 6) is -0.636. The number of allylic oxidation sites excluding steroid dienone is 1. The van der Waals surface area contributed by atoms with E-state index in [4.69, 9.17) is 4.74 Å². The lowest BCUT2D eigenvalue weighted by molar-refractivity contribution is 0.104. The highest BCUT2D eigenvalue weighted by Crippen LogP contribution is 2.37. The second kappa shape index (κ2) is 6.35. The number of aromatic hydroxyl groups is 2. The molecule has 0 heterocycles. The monoisotopic (exact) mass is 298 g/mol. The van der Waals surface area contributed by atoms with E-state index in [9.17, 15) is 15.0 Å². The second-order valence-electron chi connectivity index (χ2n) is 5.06. The summed E-state index contributed by atoms with van der Waals surface area (Å²) in [5, 5.41) is 19.8. The Bertz CT molecular complexity index is 745. The number of aryl methyl sites for hydroxylation is 1. The average molecular weight is 298 g/mol. The van der Waals surface area contributed by atoms with E-state index in [2.05, 4.69) is 0 Å². The van der Waals surface area contributed by atoms with Crippen LogP contribution in [0.25, 0.3) is 6.08 Å². The zero-order valence-corrected chi connectivity index (χ0v) is 12.8. The Labute approximate surface area is 129 Å². The Morgan fingerprint density at radius 2 is 1.91 bits per heavy atom. The van der Waals surface area contributed by atoms with Gasteiger partial charge < -0.3 is 14.9 Å². The van der Waals surface area contributed by atoms with Gasteiger partial charge >= 0.3 is 0 Å². The fraction of sp³-hybridized carbons (Fsp3) is 0.167. The maximum atomic E-state index is 12.4. The van der Waals surface area contributed by atoms with Crippen molar-refractivity contribution in [2.75, 3.05) is 7.11 Å². The fourth-order valence-electron chi connectivity index (χ4n) is 2.16. The van der Waals surface area contributed by atoms with Crippen LogP contribution in [0.3, 0.4) is 0 Å². The number of phenols is 2. The lowest BCUT2D eigenvalue weighted by Gasteiger charge is -2.11. The standard InChI is InChI=1S/C18H18O4/c1-11-5-4-6-13(9-11)7-8-14(19)17-16(22-3)10-15(20)12(2)18(17)21/h4-10,20-21H,1-3H3/b8-7+. The Hall–Kier alpha value is -2.75. The van der Waals surface area contributed by atoms with E-state index in [1.54, 1.807) is 6.08 Å². The molecule has 0 radical (unpaired) electrons. The summed E-state index contributed by atoms with van der Waals surface area (Å²) in [7, 11) is 1.38. The third-order valence-electron chi connectivity index (χ3n) is 3.43. The van der Waals surface area contributed by atoms with Gasteiger partial charge in [0.1, 0.15) is 22.8 Å². The van der Waals surface area contributed by atoms with Crippen molar-refractivity contribution in [2.45, 2.75) is 13.8 Å². The fourth-order valence-corrected chi connectivity index (χ4v) is 2.16. The van der Waals surface area contributed by atoms with Gasteiger partial charge in [0.05, 0.1) is 7.11 Å². The summed E-state index contributed by atoms with van der Waals surface area (Å²) in [6.07, 6.45) is 3.05. The molecular weight excluding hydrogens is 280 g/mol. The topological polar surface area (TPSA) is 66.8 Å². The Morgan fingerprint density at radius 3 is 2.55 bits per heavy atom. The number of carbonyl (C=O) groups is 1. The van der Waals surface area contributed by atoms with Crippen LogP contribution in [-0.2, 0) is 0 Å². The van der Waals surface area contributed by atoms with Gasteiger partial charge in [0.15, 0.2) is 5.78 Å².